The minimum absolute atomic E-state index is 0.0652. The molecule has 0 aliphatic heterocycles. The van der Waals surface area contributed by atoms with Crippen molar-refractivity contribution in [3.63, 3.8) is 0 Å². The number of halogens is 1. The lowest BCUT2D eigenvalue weighted by molar-refractivity contribution is -0.129. The summed E-state index contributed by atoms with van der Waals surface area (Å²) in [4.78, 5) is 13.7. The number of hydrogen-bond donors (Lipinski definition) is 1. The molecule has 2 atom stereocenters. The molecule has 0 spiro atoms. The maximum atomic E-state index is 13.8. The van der Waals surface area contributed by atoms with Crippen molar-refractivity contribution < 1.29 is 9.18 Å². The summed E-state index contributed by atoms with van der Waals surface area (Å²) in [6, 6.07) is 6.58. The normalized spacial score (nSPS) is 20.8. The lowest BCUT2D eigenvalue weighted by atomic mass is 9.86. The maximum absolute atomic E-state index is 13.8. The molecule has 1 aromatic rings. The highest BCUT2D eigenvalue weighted by atomic mass is 19.1. The molecule has 1 saturated carbocycles. The Balaban J connectivity index is 1.89. The first-order valence-corrected chi connectivity index (χ1v) is 8.17. The lowest BCUT2D eigenvalue weighted by Gasteiger charge is -2.30. The second-order valence-electron chi connectivity index (χ2n) is 6.42. The standard InChI is InChI=1S/C18H24FN3O/c1-13-5-3-4-6-17(13)21-11-18(23)22(2)12-15-9-14(10-20)7-8-16(15)19/h7-9,13,17,21H,3-6,11-12H2,1-2H3/t13-,17+/m1/s1. The van der Waals surface area contributed by atoms with Crippen LogP contribution in [-0.2, 0) is 11.3 Å². The highest BCUT2D eigenvalue weighted by molar-refractivity contribution is 5.78. The van der Waals surface area contributed by atoms with Crippen molar-refractivity contribution in [2.75, 3.05) is 13.6 Å². The largest absolute Gasteiger partial charge is 0.340 e. The fraction of sp³-hybridized carbons (Fsp3) is 0.556. The molecular weight excluding hydrogens is 293 g/mol. The summed E-state index contributed by atoms with van der Waals surface area (Å²) in [7, 11) is 1.66. The fourth-order valence-electron chi connectivity index (χ4n) is 3.08. The summed E-state index contributed by atoms with van der Waals surface area (Å²) in [5.41, 5.74) is 0.766. The molecule has 0 bridgehead atoms. The Morgan fingerprint density at radius 3 is 2.87 bits per heavy atom. The monoisotopic (exact) mass is 317 g/mol. The van der Waals surface area contributed by atoms with Gasteiger partial charge in [-0.2, -0.15) is 5.26 Å². The van der Waals surface area contributed by atoms with Gasteiger partial charge in [0.25, 0.3) is 0 Å². The third-order valence-electron chi connectivity index (χ3n) is 4.64. The van der Waals surface area contributed by atoms with Crippen LogP contribution in [0, 0.1) is 23.1 Å². The Kier molecular flexibility index (Phi) is 6.12. The van der Waals surface area contributed by atoms with Gasteiger partial charge >= 0.3 is 0 Å². The first-order chi connectivity index (χ1) is 11.0. The molecule has 1 amide bonds. The Hall–Kier alpha value is -1.93. The molecular formula is C18H24FN3O. The topological polar surface area (TPSA) is 56.1 Å². The summed E-state index contributed by atoms with van der Waals surface area (Å²) >= 11 is 0. The van der Waals surface area contributed by atoms with E-state index in [-0.39, 0.29) is 19.0 Å². The molecule has 1 aliphatic rings. The predicted octanol–water partition coefficient (Wildman–Crippen LogP) is 2.82. The van der Waals surface area contributed by atoms with Gasteiger partial charge in [0.05, 0.1) is 18.2 Å². The average molecular weight is 317 g/mol. The Morgan fingerprint density at radius 1 is 1.43 bits per heavy atom. The number of nitriles is 1. The van der Waals surface area contributed by atoms with E-state index in [0.29, 0.717) is 23.1 Å². The van der Waals surface area contributed by atoms with Crippen molar-refractivity contribution in [2.24, 2.45) is 5.92 Å². The molecule has 1 aromatic carbocycles. The zero-order valence-corrected chi connectivity index (χ0v) is 13.8. The van der Waals surface area contributed by atoms with Crippen molar-refractivity contribution in [3.05, 3.63) is 35.1 Å². The number of amides is 1. The van der Waals surface area contributed by atoms with Crippen LogP contribution >= 0.6 is 0 Å². The second-order valence-corrected chi connectivity index (χ2v) is 6.42. The van der Waals surface area contributed by atoms with Crippen LogP contribution in [0.5, 0.6) is 0 Å². The van der Waals surface area contributed by atoms with Crippen molar-refractivity contribution >= 4 is 5.91 Å². The van der Waals surface area contributed by atoms with Gasteiger partial charge in [0.15, 0.2) is 0 Å². The number of likely N-dealkylation sites (N-methyl/N-ethyl adjacent to an activating group) is 1. The minimum Gasteiger partial charge on any atom is -0.340 e. The molecule has 4 nitrogen and oxygen atoms in total. The number of nitrogens with one attached hydrogen (secondary N) is 1. The van der Waals surface area contributed by atoms with Crippen LogP contribution < -0.4 is 5.32 Å². The molecule has 1 fully saturated rings. The SMILES string of the molecule is C[C@@H]1CCCC[C@@H]1NCC(=O)N(C)Cc1cc(C#N)ccc1F. The Bertz CT molecular complexity index is 596. The smallest absolute Gasteiger partial charge is 0.236 e. The van der Waals surface area contributed by atoms with E-state index in [4.69, 9.17) is 5.26 Å². The minimum atomic E-state index is -0.391. The third-order valence-corrected chi connectivity index (χ3v) is 4.64. The molecule has 0 saturated heterocycles. The van der Waals surface area contributed by atoms with E-state index in [1.807, 2.05) is 6.07 Å². The first kappa shape index (κ1) is 17.4. The molecule has 5 heteroatoms. The van der Waals surface area contributed by atoms with Crippen LogP contribution in [0.3, 0.4) is 0 Å². The fourth-order valence-corrected chi connectivity index (χ4v) is 3.08. The van der Waals surface area contributed by atoms with Crippen LogP contribution in [0.4, 0.5) is 4.39 Å². The number of carbonyl (C=O) groups is 1. The van der Waals surface area contributed by atoms with Gasteiger partial charge in [0, 0.05) is 25.2 Å². The molecule has 1 N–H and O–H groups in total. The van der Waals surface area contributed by atoms with Crippen LogP contribution in [0.2, 0.25) is 0 Å². The number of hydrogen-bond acceptors (Lipinski definition) is 3. The summed E-state index contributed by atoms with van der Waals surface area (Å²) in [5, 5.41) is 12.2. The van der Waals surface area contributed by atoms with Crippen molar-refractivity contribution in [1.82, 2.24) is 10.2 Å². The van der Waals surface area contributed by atoms with Gasteiger partial charge in [-0.25, -0.2) is 4.39 Å². The Labute approximate surface area is 137 Å². The number of benzene rings is 1. The molecule has 1 aliphatic carbocycles. The van der Waals surface area contributed by atoms with Crippen molar-refractivity contribution in [2.45, 2.75) is 45.2 Å². The molecule has 2 rings (SSSR count). The number of rotatable bonds is 5. The van der Waals surface area contributed by atoms with E-state index >= 15 is 0 Å². The molecule has 0 heterocycles. The van der Waals surface area contributed by atoms with Gasteiger partial charge in [-0.15, -0.1) is 0 Å². The van der Waals surface area contributed by atoms with Crippen LogP contribution in [0.15, 0.2) is 18.2 Å². The molecule has 0 unspecified atom stereocenters. The van der Waals surface area contributed by atoms with E-state index in [1.54, 1.807) is 7.05 Å². The van der Waals surface area contributed by atoms with E-state index in [2.05, 4.69) is 12.2 Å². The number of nitrogens with zero attached hydrogens (tertiary/aromatic N) is 2. The first-order valence-electron chi connectivity index (χ1n) is 8.17. The van der Waals surface area contributed by atoms with Crippen LogP contribution in [0.25, 0.3) is 0 Å². The molecule has 124 valence electrons. The summed E-state index contributed by atoms with van der Waals surface area (Å²) in [5.74, 6) is 0.133. The zero-order chi connectivity index (χ0) is 16.8. The predicted molar refractivity (Wildman–Crippen MR) is 87.0 cm³/mol. The summed E-state index contributed by atoms with van der Waals surface area (Å²) < 4.78 is 13.8. The van der Waals surface area contributed by atoms with E-state index in [9.17, 15) is 9.18 Å². The van der Waals surface area contributed by atoms with Crippen molar-refractivity contribution in [3.8, 4) is 6.07 Å². The van der Waals surface area contributed by atoms with Crippen LogP contribution in [0.1, 0.15) is 43.7 Å². The van der Waals surface area contributed by atoms with E-state index in [1.165, 1.54) is 42.4 Å². The Morgan fingerprint density at radius 2 is 2.17 bits per heavy atom. The van der Waals surface area contributed by atoms with Crippen LogP contribution in [-0.4, -0.2) is 30.4 Å². The number of carbonyl (C=O) groups excluding carboxylic acids is 1. The second kappa shape index (κ2) is 8.07. The van der Waals surface area contributed by atoms with E-state index in [0.717, 1.165) is 6.42 Å². The van der Waals surface area contributed by atoms with Gasteiger partial charge in [0.1, 0.15) is 5.82 Å². The van der Waals surface area contributed by atoms with Gasteiger partial charge in [0.2, 0.25) is 5.91 Å². The summed E-state index contributed by atoms with van der Waals surface area (Å²) in [6.07, 6.45) is 4.78. The quantitative estimate of drug-likeness (QED) is 0.908. The summed E-state index contributed by atoms with van der Waals surface area (Å²) in [6.45, 7) is 2.65. The zero-order valence-electron chi connectivity index (χ0n) is 13.8. The van der Waals surface area contributed by atoms with Gasteiger partial charge < -0.3 is 10.2 Å². The van der Waals surface area contributed by atoms with E-state index < -0.39 is 5.82 Å². The average Bonchev–Trinajstić information content (AvgIpc) is 2.55. The highest BCUT2D eigenvalue weighted by Crippen LogP contribution is 2.23. The maximum Gasteiger partial charge on any atom is 0.236 e. The third kappa shape index (κ3) is 4.77. The highest BCUT2D eigenvalue weighted by Gasteiger charge is 2.22. The molecule has 0 radical (unpaired) electrons. The lowest BCUT2D eigenvalue weighted by Crippen LogP contribution is -2.43. The van der Waals surface area contributed by atoms with Gasteiger partial charge in [-0.05, 0) is 37.0 Å². The molecule has 0 aromatic heterocycles. The van der Waals surface area contributed by atoms with Gasteiger partial charge in [-0.3, -0.25) is 4.79 Å². The van der Waals surface area contributed by atoms with Crippen molar-refractivity contribution in [1.29, 1.82) is 5.26 Å². The molecule has 23 heavy (non-hydrogen) atoms. The van der Waals surface area contributed by atoms with Gasteiger partial charge in [-0.1, -0.05) is 19.8 Å².